The van der Waals surface area contributed by atoms with Crippen molar-refractivity contribution >= 4 is 11.8 Å². The molecule has 3 N–H and O–H groups in total. The highest BCUT2D eigenvalue weighted by atomic mass is 16.2. The molecule has 6 nitrogen and oxygen atoms in total. The fraction of sp³-hybridized carbons (Fsp3) is 0.308. The number of primary amides is 1. The predicted octanol–water partition coefficient (Wildman–Crippen LogP) is -0.627. The van der Waals surface area contributed by atoms with Crippen molar-refractivity contribution in [3.8, 4) is 11.8 Å². The zero-order valence-corrected chi connectivity index (χ0v) is 10.6. The maximum atomic E-state index is 11.8. The van der Waals surface area contributed by atoms with E-state index >= 15 is 0 Å². The SMILES string of the molecule is CN(CC(N)=O)C(=O)c1ccc(C#CCCO)cn1. The van der Waals surface area contributed by atoms with Crippen molar-refractivity contribution < 1.29 is 14.7 Å². The summed E-state index contributed by atoms with van der Waals surface area (Å²) in [4.78, 5) is 27.7. The van der Waals surface area contributed by atoms with Gasteiger partial charge in [0.25, 0.3) is 5.91 Å². The van der Waals surface area contributed by atoms with Crippen LogP contribution in [0.15, 0.2) is 18.3 Å². The number of likely N-dealkylation sites (N-methyl/N-ethyl adjacent to an activating group) is 1. The number of aliphatic hydroxyl groups is 1. The second-order valence-electron chi connectivity index (χ2n) is 3.84. The Bertz CT molecular complexity index is 514. The van der Waals surface area contributed by atoms with Gasteiger partial charge in [0.15, 0.2) is 0 Å². The number of pyridine rings is 1. The molecule has 0 fully saturated rings. The standard InChI is InChI=1S/C13H15N3O3/c1-16(9-12(14)18)13(19)11-6-5-10(8-15-11)4-2-3-7-17/h5-6,8,17H,3,7,9H2,1H3,(H2,14,18). The molecular formula is C13H15N3O3. The summed E-state index contributed by atoms with van der Waals surface area (Å²) < 4.78 is 0. The van der Waals surface area contributed by atoms with E-state index in [4.69, 9.17) is 10.8 Å². The van der Waals surface area contributed by atoms with Crippen molar-refractivity contribution in [1.82, 2.24) is 9.88 Å². The van der Waals surface area contributed by atoms with E-state index in [0.29, 0.717) is 12.0 Å². The van der Waals surface area contributed by atoms with E-state index in [1.807, 2.05) is 0 Å². The topological polar surface area (TPSA) is 96.5 Å². The Morgan fingerprint density at radius 2 is 2.21 bits per heavy atom. The Morgan fingerprint density at radius 1 is 1.47 bits per heavy atom. The van der Waals surface area contributed by atoms with Crippen molar-refractivity contribution in [2.75, 3.05) is 20.2 Å². The number of carbonyl (C=O) groups excluding carboxylic acids is 2. The molecule has 1 aromatic heterocycles. The molecular weight excluding hydrogens is 246 g/mol. The molecule has 1 aromatic rings. The van der Waals surface area contributed by atoms with Gasteiger partial charge in [0.2, 0.25) is 5.91 Å². The lowest BCUT2D eigenvalue weighted by Gasteiger charge is -2.14. The molecule has 0 radical (unpaired) electrons. The van der Waals surface area contributed by atoms with Gasteiger partial charge in [-0.05, 0) is 12.1 Å². The van der Waals surface area contributed by atoms with Crippen LogP contribution >= 0.6 is 0 Å². The third kappa shape index (κ3) is 4.77. The summed E-state index contributed by atoms with van der Waals surface area (Å²) in [6.07, 6.45) is 1.86. The van der Waals surface area contributed by atoms with Crippen LogP contribution in [0.2, 0.25) is 0 Å². The maximum Gasteiger partial charge on any atom is 0.272 e. The van der Waals surface area contributed by atoms with Crippen molar-refractivity contribution in [2.45, 2.75) is 6.42 Å². The number of hydrogen-bond donors (Lipinski definition) is 2. The number of amides is 2. The van der Waals surface area contributed by atoms with Crippen LogP contribution in [0.3, 0.4) is 0 Å². The molecule has 0 aromatic carbocycles. The lowest BCUT2D eigenvalue weighted by molar-refractivity contribution is -0.118. The number of hydrogen-bond acceptors (Lipinski definition) is 4. The van der Waals surface area contributed by atoms with Gasteiger partial charge in [-0.25, -0.2) is 4.98 Å². The summed E-state index contributed by atoms with van der Waals surface area (Å²) in [5.74, 6) is 4.59. The summed E-state index contributed by atoms with van der Waals surface area (Å²) in [5.41, 5.74) is 5.88. The fourth-order valence-corrected chi connectivity index (χ4v) is 1.32. The Balaban J connectivity index is 2.73. The first-order valence-corrected chi connectivity index (χ1v) is 5.64. The molecule has 0 aliphatic heterocycles. The molecule has 19 heavy (non-hydrogen) atoms. The number of aliphatic hydroxyl groups excluding tert-OH is 1. The van der Waals surface area contributed by atoms with Crippen LogP contribution in [-0.4, -0.2) is 47.0 Å². The molecule has 1 rings (SSSR count). The second-order valence-corrected chi connectivity index (χ2v) is 3.84. The first kappa shape index (κ1) is 14.7. The van der Waals surface area contributed by atoms with Gasteiger partial charge in [-0.3, -0.25) is 9.59 Å². The van der Waals surface area contributed by atoms with Crippen LogP contribution in [0, 0.1) is 11.8 Å². The summed E-state index contributed by atoms with van der Waals surface area (Å²) in [5, 5.41) is 8.59. The summed E-state index contributed by atoms with van der Waals surface area (Å²) in [7, 11) is 1.48. The van der Waals surface area contributed by atoms with E-state index in [-0.39, 0.29) is 24.8 Å². The number of nitrogens with two attached hydrogens (primary N) is 1. The molecule has 0 unspecified atom stereocenters. The van der Waals surface area contributed by atoms with Gasteiger partial charge >= 0.3 is 0 Å². The average Bonchev–Trinajstić information content (AvgIpc) is 2.38. The predicted molar refractivity (Wildman–Crippen MR) is 69.0 cm³/mol. The van der Waals surface area contributed by atoms with Crippen LogP contribution < -0.4 is 5.73 Å². The van der Waals surface area contributed by atoms with Gasteiger partial charge < -0.3 is 15.7 Å². The van der Waals surface area contributed by atoms with Crippen LogP contribution in [0.1, 0.15) is 22.5 Å². The molecule has 0 aliphatic rings. The molecule has 6 heteroatoms. The first-order chi connectivity index (χ1) is 9.04. The monoisotopic (exact) mass is 261 g/mol. The minimum absolute atomic E-state index is 0.00884. The normalized spacial score (nSPS) is 9.37. The molecule has 0 spiro atoms. The zero-order chi connectivity index (χ0) is 14.3. The number of aromatic nitrogens is 1. The number of rotatable bonds is 4. The summed E-state index contributed by atoms with van der Waals surface area (Å²) in [6.45, 7) is -0.145. The average molecular weight is 261 g/mol. The Morgan fingerprint density at radius 3 is 2.74 bits per heavy atom. The molecule has 0 atom stereocenters. The van der Waals surface area contributed by atoms with Gasteiger partial charge in [0.05, 0.1) is 13.2 Å². The molecule has 2 amide bonds. The third-order valence-electron chi connectivity index (χ3n) is 2.19. The fourth-order valence-electron chi connectivity index (χ4n) is 1.32. The lowest BCUT2D eigenvalue weighted by Crippen LogP contribution is -2.35. The van der Waals surface area contributed by atoms with Crippen molar-refractivity contribution in [3.05, 3.63) is 29.6 Å². The minimum Gasteiger partial charge on any atom is -0.395 e. The molecule has 1 heterocycles. The van der Waals surface area contributed by atoms with Gasteiger partial charge in [-0.1, -0.05) is 11.8 Å². The molecule has 0 bridgehead atoms. The Kier molecular flexibility index (Phi) is 5.51. The van der Waals surface area contributed by atoms with Crippen molar-refractivity contribution in [2.24, 2.45) is 5.73 Å². The summed E-state index contributed by atoms with van der Waals surface area (Å²) in [6, 6.07) is 3.19. The smallest absolute Gasteiger partial charge is 0.272 e. The van der Waals surface area contributed by atoms with E-state index in [1.165, 1.54) is 24.2 Å². The van der Waals surface area contributed by atoms with Crippen LogP contribution in [0.25, 0.3) is 0 Å². The van der Waals surface area contributed by atoms with E-state index in [2.05, 4.69) is 16.8 Å². The van der Waals surface area contributed by atoms with Crippen LogP contribution in [0.4, 0.5) is 0 Å². The van der Waals surface area contributed by atoms with E-state index in [0.717, 1.165) is 0 Å². The van der Waals surface area contributed by atoms with Crippen LogP contribution in [0.5, 0.6) is 0 Å². The zero-order valence-electron chi connectivity index (χ0n) is 10.6. The molecule has 100 valence electrons. The van der Waals surface area contributed by atoms with Crippen LogP contribution in [-0.2, 0) is 4.79 Å². The van der Waals surface area contributed by atoms with Crippen molar-refractivity contribution in [1.29, 1.82) is 0 Å². The largest absolute Gasteiger partial charge is 0.395 e. The first-order valence-electron chi connectivity index (χ1n) is 5.64. The van der Waals surface area contributed by atoms with Crippen molar-refractivity contribution in [3.63, 3.8) is 0 Å². The lowest BCUT2D eigenvalue weighted by atomic mass is 10.2. The maximum absolute atomic E-state index is 11.8. The van der Waals surface area contributed by atoms with E-state index < -0.39 is 5.91 Å². The second kappa shape index (κ2) is 7.13. The molecule has 0 saturated heterocycles. The Labute approximate surface area is 111 Å². The Hall–Kier alpha value is -2.39. The van der Waals surface area contributed by atoms with Gasteiger partial charge in [0, 0.05) is 25.2 Å². The van der Waals surface area contributed by atoms with Gasteiger partial charge in [-0.2, -0.15) is 0 Å². The third-order valence-corrected chi connectivity index (χ3v) is 2.19. The number of nitrogens with zero attached hydrogens (tertiary/aromatic N) is 2. The quantitative estimate of drug-likeness (QED) is 0.705. The van der Waals surface area contributed by atoms with Gasteiger partial charge in [-0.15, -0.1) is 0 Å². The molecule has 0 saturated carbocycles. The number of carbonyl (C=O) groups is 2. The highest BCUT2D eigenvalue weighted by Gasteiger charge is 2.14. The molecule has 0 aliphatic carbocycles. The summed E-state index contributed by atoms with van der Waals surface area (Å²) >= 11 is 0. The minimum atomic E-state index is -0.581. The van der Waals surface area contributed by atoms with E-state index in [1.54, 1.807) is 6.07 Å². The highest BCUT2D eigenvalue weighted by Crippen LogP contribution is 2.02. The van der Waals surface area contributed by atoms with Gasteiger partial charge in [0.1, 0.15) is 5.69 Å². The van der Waals surface area contributed by atoms with E-state index in [9.17, 15) is 9.59 Å². The highest BCUT2D eigenvalue weighted by molar-refractivity contribution is 5.94.